The van der Waals surface area contributed by atoms with E-state index in [9.17, 15) is 9.59 Å². The van der Waals surface area contributed by atoms with E-state index in [0.29, 0.717) is 51.1 Å². The number of ether oxygens (including phenoxy) is 4. The van der Waals surface area contributed by atoms with Gasteiger partial charge in [0, 0.05) is 19.1 Å². The third-order valence-corrected chi connectivity index (χ3v) is 3.40. The second kappa shape index (κ2) is 12.4. The van der Waals surface area contributed by atoms with Crippen molar-refractivity contribution in [1.82, 2.24) is 5.16 Å². The minimum Gasteiger partial charge on any atom is -0.473 e. The highest BCUT2D eigenvalue weighted by Crippen LogP contribution is 2.28. The summed E-state index contributed by atoms with van der Waals surface area (Å²) in [6.07, 6.45) is 2.12. The van der Waals surface area contributed by atoms with Gasteiger partial charge in [-0.3, -0.25) is 4.79 Å². The van der Waals surface area contributed by atoms with Crippen LogP contribution >= 0.6 is 0 Å². The van der Waals surface area contributed by atoms with Crippen LogP contribution in [0, 0.1) is 5.92 Å². The summed E-state index contributed by atoms with van der Waals surface area (Å²) in [7, 11) is 1.34. The summed E-state index contributed by atoms with van der Waals surface area (Å²) < 4.78 is 26.1. The Kier molecular flexibility index (Phi) is 10.5. The fourth-order valence-electron chi connectivity index (χ4n) is 2.13. The van der Waals surface area contributed by atoms with Crippen LogP contribution in [0.1, 0.15) is 38.4 Å². The van der Waals surface area contributed by atoms with Crippen molar-refractivity contribution in [2.75, 3.05) is 40.1 Å². The smallest absolute Gasteiger partial charge is 0.316 e. The first-order chi connectivity index (χ1) is 12.1. The molecule has 1 atom stereocenters. The predicted molar refractivity (Wildman–Crippen MR) is 88.5 cm³/mol. The molecule has 8 nitrogen and oxygen atoms in total. The third kappa shape index (κ3) is 8.13. The monoisotopic (exact) mass is 357 g/mol. The molecule has 0 spiro atoms. The Morgan fingerprint density at radius 3 is 2.52 bits per heavy atom. The number of aromatic nitrogens is 1. The average molecular weight is 357 g/mol. The number of hydrogen-bond acceptors (Lipinski definition) is 8. The molecule has 0 N–H and O–H groups in total. The normalized spacial score (nSPS) is 12.2. The molecule has 0 aromatic carbocycles. The fraction of sp³-hybridized carbons (Fsp3) is 0.706. The van der Waals surface area contributed by atoms with Gasteiger partial charge in [0.15, 0.2) is 5.76 Å². The van der Waals surface area contributed by atoms with Gasteiger partial charge in [-0.25, -0.2) is 0 Å². The Morgan fingerprint density at radius 1 is 1.20 bits per heavy atom. The number of unbranched alkanes of at least 4 members (excludes halogenated alkanes) is 1. The molecular weight excluding hydrogens is 330 g/mol. The summed E-state index contributed by atoms with van der Waals surface area (Å²) >= 11 is 0. The third-order valence-electron chi connectivity index (χ3n) is 3.40. The van der Waals surface area contributed by atoms with Gasteiger partial charge in [-0.15, -0.1) is 0 Å². The van der Waals surface area contributed by atoms with Crippen LogP contribution in [0.5, 0.6) is 5.88 Å². The summed E-state index contributed by atoms with van der Waals surface area (Å²) in [6, 6.07) is 1.59. The molecule has 0 radical (unpaired) electrons. The van der Waals surface area contributed by atoms with Crippen molar-refractivity contribution in [1.29, 1.82) is 0 Å². The highest BCUT2D eigenvalue weighted by Gasteiger charge is 2.29. The van der Waals surface area contributed by atoms with Crippen molar-refractivity contribution in [3.05, 3.63) is 11.8 Å². The average Bonchev–Trinajstić information content (AvgIpc) is 3.04. The van der Waals surface area contributed by atoms with E-state index in [1.54, 1.807) is 6.07 Å². The predicted octanol–water partition coefficient (Wildman–Crippen LogP) is 1.98. The Hall–Kier alpha value is -1.93. The van der Waals surface area contributed by atoms with Gasteiger partial charge in [-0.1, -0.05) is 13.8 Å². The van der Waals surface area contributed by atoms with E-state index in [1.165, 1.54) is 7.11 Å². The summed E-state index contributed by atoms with van der Waals surface area (Å²) in [6.45, 7) is 5.97. The molecule has 0 aliphatic heterocycles. The summed E-state index contributed by atoms with van der Waals surface area (Å²) in [5, 5.41) is 3.80. The van der Waals surface area contributed by atoms with Gasteiger partial charge < -0.3 is 28.3 Å². The molecule has 1 aromatic heterocycles. The molecular formula is C17H27NO7. The highest BCUT2D eigenvalue weighted by atomic mass is 16.6. The molecule has 0 aliphatic carbocycles. The van der Waals surface area contributed by atoms with E-state index in [-0.39, 0.29) is 11.9 Å². The first-order valence-electron chi connectivity index (χ1n) is 8.36. The topological polar surface area (TPSA) is 97.1 Å². The zero-order chi connectivity index (χ0) is 18.5. The van der Waals surface area contributed by atoms with Crippen molar-refractivity contribution < 1.29 is 33.1 Å². The van der Waals surface area contributed by atoms with Crippen molar-refractivity contribution in [2.45, 2.75) is 32.6 Å². The molecule has 0 aliphatic rings. The summed E-state index contributed by atoms with van der Waals surface area (Å²) in [5.41, 5.74) is 0. The molecule has 0 saturated heterocycles. The lowest BCUT2D eigenvalue weighted by molar-refractivity contribution is -0.144. The largest absolute Gasteiger partial charge is 0.473 e. The van der Waals surface area contributed by atoms with Crippen LogP contribution in [-0.2, 0) is 23.8 Å². The first kappa shape index (κ1) is 21.1. The molecule has 8 heteroatoms. The molecule has 1 unspecified atom stereocenters. The SMILES string of the molecule is COC(=O)C(c1cc(OCCOCCOCCCC=O)no1)C(C)C. The summed E-state index contributed by atoms with van der Waals surface area (Å²) in [4.78, 5) is 21.9. The van der Waals surface area contributed by atoms with Crippen LogP contribution in [0.2, 0.25) is 0 Å². The zero-order valence-electron chi connectivity index (χ0n) is 15.1. The minimum atomic E-state index is -0.512. The van der Waals surface area contributed by atoms with E-state index < -0.39 is 5.92 Å². The molecule has 0 fully saturated rings. The van der Waals surface area contributed by atoms with Crippen LogP contribution < -0.4 is 4.74 Å². The van der Waals surface area contributed by atoms with E-state index in [4.69, 9.17) is 23.5 Å². The number of carbonyl (C=O) groups excluding carboxylic acids is 2. The highest BCUT2D eigenvalue weighted by molar-refractivity contribution is 5.77. The maximum atomic E-state index is 11.8. The van der Waals surface area contributed by atoms with Gasteiger partial charge in [0.25, 0.3) is 5.88 Å². The maximum Gasteiger partial charge on any atom is 0.316 e. The molecule has 0 saturated carbocycles. The van der Waals surface area contributed by atoms with Crippen molar-refractivity contribution in [3.8, 4) is 5.88 Å². The number of carbonyl (C=O) groups is 2. The number of rotatable bonds is 14. The number of aldehydes is 1. The lowest BCUT2D eigenvalue weighted by Gasteiger charge is -2.14. The number of nitrogens with zero attached hydrogens (tertiary/aromatic N) is 1. The van der Waals surface area contributed by atoms with Crippen LogP contribution in [0.3, 0.4) is 0 Å². The number of methoxy groups -OCH3 is 1. The molecule has 1 aromatic rings. The van der Waals surface area contributed by atoms with E-state index in [0.717, 1.165) is 12.7 Å². The van der Waals surface area contributed by atoms with E-state index in [2.05, 4.69) is 5.16 Å². The van der Waals surface area contributed by atoms with Gasteiger partial charge in [-0.05, 0) is 17.5 Å². The standard InChI is InChI=1S/C17H27NO7/c1-13(2)16(17(20)21-3)14-12-15(18-25-14)24-11-10-23-9-8-22-7-5-4-6-19/h6,12-13,16H,4-5,7-11H2,1-3H3. The van der Waals surface area contributed by atoms with Gasteiger partial charge in [0.05, 0.1) is 26.9 Å². The Labute approximate surface area is 147 Å². The molecule has 1 heterocycles. The van der Waals surface area contributed by atoms with E-state index in [1.807, 2.05) is 13.8 Å². The van der Waals surface area contributed by atoms with Gasteiger partial charge >= 0.3 is 5.97 Å². The van der Waals surface area contributed by atoms with Crippen LogP contribution in [0.15, 0.2) is 10.6 Å². The van der Waals surface area contributed by atoms with Gasteiger partial charge in [0.1, 0.15) is 18.8 Å². The van der Waals surface area contributed by atoms with E-state index >= 15 is 0 Å². The maximum absolute atomic E-state index is 11.8. The van der Waals surface area contributed by atoms with Crippen LogP contribution in [-0.4, -0.2) is 57.6 Å². The van der Waals surface area contributed by atoms with Crippen LogP contribution in [0.4, 0.5) is 0 Å². The second-order valence-corrected chi connectivity index (χ2v) is 5.69. The molecule has 1 rings (SSSR count). The Bertz CT molecular complexity index is 501. The quantitative estimate of drug-likeness (QED) is 0.283. The van der Waals surface area contributed by atoms with Crippen molar-refractivity contribution in [2.24, 2.45) is 5.92 Å². The molecule has 25 heavy (non-hydrogen) atoms. The number of esters is 1. The second-order valence-electron chi connectivity index (χ2n) is 5.69. The molecule has 0 bridgehead atoms. The minimum absolute atomic E-state index is 0.0168. The Morgan fingerprint density at radius 2 is 1.88 bits per heavy atom. The lowest BCUT2D eigenvalue weighted by Crippen LogP contribution is -2.19. The van der Waals surface area contributed by atoms with Gasteiger partial charge in [0.2, 0.25) is 0 Å². The molecule has 0 amide bonds. The Balaban J connectivity index is 2.21. The lowest BCUT2D eigenvalue weighted by atomic mass is 9.93. The first-order valence-corrected chi connectivity index (χ1v) is 8.36. The molecule has 142 valence electrons. The van der Waals surface area contributed by atoms with Gasteiger partial charge in [-0.2, -0.15) is 0 Å². The number of hydrogen-bond donors (Lipinski definition) is 0. The van der Waals surface area contributed by atoms with Crippen molar-refractivity contribution >= 4 is 12.3 Å². The van der Waals surface area contributed by atoms with Crippen LogP contribution in [0.25, 0.3) is 0 Å². The van der Waals surface area contributed by atoms with Crippen molar-refractivity contribution in [3.63, 3.8) is 0 Å². The fourth-order valence-corrected chi connectivity index (χ4v) is 2.13. The zero-order valence-corrected chi connectivity index (χ0v) is 15.1. The summed E-state index contributed by atoms with van der Waals surface area (Å²) in [5.74, 6) is -0.139.